The SMILES string of the molecule is CC(C)(C)c1cc2c3c(c1)N(c1ccc(-c4ccccc4)cc1)c1c(cc(-c4ccccc4)cc1-c1nc(-c4ccccc4)nc(-c4ccccc4)n1)B3c1cc(-c3ccccc3)cc(-c3nc(-c4ccccc4)nc(-c4ccccc4)n3)c1N2c1ccc(-c2ccccc2)cc1. The Hall–Kier alpha value is -12.5. The first-order valence-corrected chi connectivity index (χ1v) is 33.0. The molecule has 4 heterocycles. The van der Waals surface area contributed by atoms with Gasteiger partial charge >= 0.3 is 0 Å². The molecule has 0 fully saturated rings. The molecule has 0 saturated heterocycles. The van der Waals surface area contributed by atoms with Crippen molar-refractivity contribution in [2.45, 2.75) is 26.2 Å². The van der Waals surface area contributed by atoms with E-state index in [0.717, 1.165) is 134 Å². The average molecular weight is 1240 g/mol. The smallest absolute Gasteiger partial charge is 0.252 e. The molecule has 0 radical (unpaired) electrons. The molecule has 0 amide bonds. The van der Waals surface area contributed by atoms with Crippen LogP contribution in [0.25, 0.3) is 113 Å². The Morgan fingerprint density at radius 3 is 0.773 bits per heavy atom. The molecule has 458 valence electrons. The van der Waals surface area contributed by atoms with Gasteiger partial charge in [0.1, 0.15) is 0 Å². The molecule has 17 rings (SSSR count). The van der Waals surface area contributed by atoms with E-state index in [2.05, 4.69) is 285 Å². The Balaban J connectivity index is 1.04. The molecule has 9 heteroatoms. The largest absolute Gasteiger partial charge is 0.311 e. The van der Waals surface area contributed by atoms with Gasteiger partial charge in [0, 0.05) is 56.1 Å². The maximum atomic E-state index is 5.64. The first-order chi connectivity index (χ1) is 47.7. The van der Waals surface area contributed by atoms with Crippen LogP contribution in [0.4, 0.5) is 34.1 Å². The first kappa shape index (κ1) is 58.4. The van der Waals surface area contributed by atoms with Gasteiger partial charge in [-0.2, -0.15) is 0 Å². The molecule has 15 aromatic rings. The van der Waals surface area contributed by atoms with Crippen LogP contribution in [0.15, 0.2) is 328 Å². The van der Waals surface area contributed by atoms with Crippen molar-refractivity contribution >= 4 is 57.2 Å². The lowest BCUT2D eigenvalue weighted by Crippen LogP contribution is -2.62. The normalized spacial score (nSPS) is 12.2. The highest BCUT2D eigenvalue weighted by molar-refractivity contribution is 7.00. The Morgan fingerprint density at radius 2 is 0.495 bits per heavy atom. The van der Waals surface area contributed by atoms with Crippen molar-refractivity contribution in [1.29, 1.82) is 0 Å². The molecular weight excluding hydrogens is 1180 g/mol. The second-order valence-corrected chi connectivity index (χ2v) is 25.8. The van der Waals surface area contributed by atoms with E-state index in [0.29, 0.717) is 34.9 Å². The molecule has 13 aromatic carbocycles. The summed E-state index contributed by atoms with van der Waals surface area (Å²) in [4.78, 5) is 38.2. The van der Waals surface area contributed by atoms with Gasteiger partial charge in [-0.15, -0.1) is 0 Å². The fourth-order valence-corrected chi connectivity index (χ4v) is 13.9. The number of benzene rings is 13. The van der Waals surface area contributed by atoms with Gasteiger partial charge in [-0.05, 0) is 120 Å². The predicted molar refractivity (Wildman–Crippen MR) is 400 cm³/mol. The fraction of sp³-hybridized carbons (Fsp3) is 0.0455. The van der Waals surface area contributed by atoms with E-state index in [1.807, 2.05) is 72.8 Å². The molecule has 0 atom stereocenters. The molecule has 0 unspecified atom stereocenters. The second-order valence-electron chi connectivity index (χ2n) is 25.8. The van der Waals surface area contributed by atoms with Gasteiger partial charge in [-0.25, -0.2) is 29.9 Å². The van der Waals surface area contributed by atoms with E-state index < -0.39 is 6.71 Å². The van der Waals surface area contributed by atoms with Crippen LogP contribution in [0.2, 0.25) is 0 Å². The van der Waals surface area contributed by atoms with Crippen LogP contribution in [-0.2, 0) is 5.41 Å². The highest BCUT2D eigenvalue weighted by Gasteiger charge is 2.47. The zero-order valence-corrected chi connectivity index (χ0v) is 53.8. The molecule has 0 saturated carbocycles. The molecule has 0 aliphatic carbocycles. The molecule has 97 heavy (non-hydrogen) atoms. The first-order valence-electron chi connectivity index (χ1n) is 33.0. The van der Waals surface area contributed by atoms with Crippen molar-refractivity contribution in [3.05, 3.63) is 333 Å². The average Bonchev–Trinajstić information content (AvgIpc) is 0.685. The van der Waals surface area contributed by atoms with Gasteiger partial charge in [0.2, 0.25) is 0 Å². The van der Waals surface area contributed by atoms with E-state index >= 15 is 0 Å². The molecule has 0 N–H and O–H groups in total. The van der Waals surface area contributed by atoms with Crippen molar-refractivity contribution in [2.75, 3.05) is 9.80 Å². The highest BCUT2D eigenvalue weighted by Crippen LogP contribution is 2.52. The maximum Gasteiger partial charge on any atom is 0.252 e. The minimum absolute atomic E-state index is 0.347. The lowest BCUT2D eigenvalue weighted by atomic mass is 9.33. The molecule has 2 aromatic heterocycles. The zero-order chi connectivity index (χ0) is 65.0. The predicted octanol–water partition coefficient (Wildman–Crippen LogP) is 20.1. The number of nitrogens with zero attached hydrogens (tertiary/aromatic N) is 8. The van der Waals surface area contributed by atoms with Crippen LogP contribution in [0.3, 0.4) is 0 Å². The van der Waals surface area contributed by atoms with Crippen molar-refractivity contribution < 1.29 is 0 Å². The molecule has 0 bridgehead atoms. The lowest BCUT2D eigenvalue weighted by molar-refractivity contribution is 0.590. The molecule has 8 nitrogen and oxygen atoms in total. The van der Waals surface area contributed by atoms with Gasteiger partial charge in [-0.3, -0.25) is 0 Å². The summed E-state index contributed by atoms with van der Waals surface area (Å²) in [5, 5.41) is 0. The Bertz CT molecular complexity index is 4950. The van der Waals surface area contributed by atoms with Crippen LogP contribution < -0.4 is 26.2 Å². The second kappa shape index (κ2) is 24.5. The number of aromatic nitrogens is 6. The summed E-state index contributed by atoms with van der Waals surface area (Å²) < 4.78 is 0. The summed E-state index contributed by atoms with van der Waals surface area (Å²) in [6, 6.07) is 116. The Labute approximate surface area is 565 Å². The van der Waals surface area contributed by atoms with E-state index in [4.69, 9.17) is 29.9 Å². The third-order valence-electron chi connectivity index (χ3n) is 18.7. The van der Waals surface area contributed by atoms with Crippen LogP contribution in [0, 0.1) is 0 Å². The summed E-state index contributed by atoms with van der Waals surface area (Å²) in [7, 11) is 0. The van der Waals surface area contributed by atoms with Crippen LogP contribution in [0.1, 0.15) is 26.3 Å². The lowest BCUT2D eigenvalue weighted by Gasteiger charge is -2.46. The van der Waals surface area contributed by atoms with Gasteiger partial charge in [-0.1, -0.05) is 300 Å². The van der Waals surface area contributed by atoms with Crippen molar-refractivity contribution in [3.8, 4) is 113 Å². The van der Waals surface area contributed by atoms with Crippen molar-refractivity contribution in [2.24, 2.45) is 0 Å². The molecule has 0 spiro atoms. The van der Waals surface area contributed by atoms with Gasteiger partial charge in [0.05, 0.1) is 11.4 Å². The summed E-state index contributed by atoms with van der Waals surface area (Å²) in [6.45, 7) is 6.53. The summed E-state index contributed by atoms with van der Waals surface area (Å²) in [5.74, 6) is 3.40. The maximum absolute atomic E-state index is 5.64. The fourth-order valence-electron chi connectivity index (χ4n) is 13.9. The van der Waals surface area contributed by atoms with Crippen LogP contribution in [0.5, 0.6) is 0 Å². The monoisotopic (exact) mass is 1240 g/mol. The number of hydrogen-bond acceptors (Lipinski definition) is 8. The Kier molecular flexibility index (Phi) is 14.7. The van der Waals surface area contributed by atoms with Crippen LogP contribution >= 0.6 is 0 Å². The quantitative estimate of drug-likeness (QED) is 0.112. The molecular formula is C88H63BN8. The Morgan fingerprint density at radius 1 is 0.247 bits per heavy atom. The van der Waals surface area contributed by atoms with Crippen molar-refractivity contribution in [1.82, 2.24) is 29.9 Å². The van der Waals surface area contributed by atoms with E-state index in [9.17, 15) is 0 Å². The molecule has 2 aliphatic rings. The number of hydrogen-bond donors (Lipinski definition) is 0. The molecule has 2 aliphatic heterocycles. The minimum Gasteiger partial charge on any atom is -0.311 e. The summed E-state index contributed by atoms with van der Waals surface area (Å²) in [6.07, 6.45) is 0. The van der Waals surface area contributed by atoms with E-state index in [-0.39, 0.29) is 5.41 Å². The van der Waals surface area contributed by atoms with Crippen LogP contribution in [-0.4, -0.2) is 36.6 Å². The minimum atomic E-state index is -0.429. The van der Waals surface area contributed by atoms with Gasteiger partial charge < -0.3 is 9.80 Å². The van der Waals surface area contributed by atoms with Crippen molar-refractivity contribution in [3.63, 3.8) is 0 Å². The number of fused-ring (bicyclic) bond motifs is 4. The zero-order valence-electron chi connectivity index (χ0n) is 53.8. The third-order valence-corrected chi connectivity index (χ3v) is 18.7. The third kappa shape index (κ3) is 10.9. The topological polar surface area (TPSA) is 83.8 Å². The van der Waals surface area contributed by atoms with Gasteiger partial charge in [0.25, 0.3) is 6.71 Å². The number of anilines is 6. The highest BCUT2D eigenvalue weighted by atomic mass is 15.2. The standard InChI is InChI=1S/C88H63BN8/c1-88(2,3)70-56-77-79-78(57-70)97(72-50-46-63(47-51-72)59-30-14-5-15-31-59)81-74(87-94-84(66-40-24-10-25-41-66)91-85(95-87)67-42-26-11-27-43-67)53-69(61-34-18-7-19-35-61)55-76(81)89(79)75-54-68(60-32-16-6-17-33-60)52-73(80(75)96(77)71-48-44-62(45-49-71)58-28-12-4-13-29-58)86-92-82(64-36-20-8-21-37-64)90-83(93-86)65-38-22-9-23-39-65/h4-57H,1-3H3. The van der Waals surface area contributed by atoms with E-state index in [1.54, 1.807) is 0 Å². The van der Waals surface area contributed by atoms with Gasteiger partial charge in [0.15, 0.2) is 34.9 Å². The number of rotatable bonds is 12. The summed E-state index contributed by atoms with van der Waals surface area (Å²) in [5.41, 5.74) is 24.0. The summed E-state index contributed by atoms with van der Waals surface area (Å²) >= 11 is 0. The van der Waals surface area contributed by atoms with E-state index in [1.165, 1.54) is 0 Å².